The molecule has 0 aromatic carbocycles. The summed E-state index contributed by atoms with van der Waals surface area (Å²) >= 11 is 3.63. The molecule has 0 radical (unpaired) electrons. The highest BCUT2D eigenvalue weighted by Crippen LogP contribution is 2.27. The van der Waals surface area contributed by atoms with Crippen molar-refractivity contribution in [1.29, 1.82) is 0 Å². The Kier molecular flexibility index (Phi) is 9.19. The lowest BCUT2D eigenvalue weighted by Gasteiger charge is -2.18. The maximum atomic E-state index is 4.41. The van der Waals surface area contributed by atoms with Gasteiger partial charge >= 0.3 is 0 Å². The van der Waals surface area contributed by atoms with Crippen LogP contribution in [0.4, 0.5) is 0 Å². The Labute approximate surface area is 132 Å². The molecule has 0 saturated carbocycles. The second-order valence-electron chi connectivity index (χ2n) is 5.44. The molecule has 0 spiro atoms. The van der Waals surface area contributed by atoms with Gasteiger partial charge < -0.3 is 5.32 Å². The SMILES string of the molecule is CCCCCCCCCC(NC)c1c(Br)cnn1CC. The van der Waals surface area contributed by atoms with Crippen LogP contribution in [-0.4, -0.2) is 16.8 Å². The number of nitrogens with zero attached hydrogens (tertiary/aromatic N) is 2. The summed E-state index contributed by atoms with van der Waals surface area (Å²) in [7, 11) is 2.05. The van der Waals surface area contributed by atoms with E-state index in [1.807, 2.05) is 13.2 Å². The summed E-state index contributed by atoms with van der Waals surface area (Å²) in [5.74, 6) is 0. The van der Waals surface area contributed by atoms with Gasteiger partial charge in [-0.05, 0) is 36.3 Å². The van der Waals surface area contributed by atoms with Crippen molar-refractivity contribution in [2.75, 3.05) is 7.05 Å². The van der Waals surface area contributed by atoms with Crippen LogP contribution in [0.5, 0.6) is 0 Å². The second kappa shape index (κ2) is 10.4. The molecule has 1 rings (SSSR count). The lowest BCUT2D eigenvalue weighted by Crippen LogP contribution is -2.20. The quantitative estimate of drug-likeness (QED) is 0.568. The van der Waals surface area contributed by atoms with Crippen LogP contribution in [-0.2, 0) is 6.54 Å². The standard InChI is InChI=1S/C16H30BrN3/c1-4-6-7-8-9-10-11-12-15(18-3)16-14(17)13-19-20(16)5-2/h13,15,18H,4-12H2,1-3H3. The second-order valence-corrected chi connectivity index (χ2v) is 6.30. The fraction of sp³-hybridized carbons (Fsp3) is 0.812. The molecule has 0 aliphatic carbocycles. The van der Waals surface area contributed by atoms with E-state index in [1.165, 1.54) is 57.1 Å². The van der Waals surface area contributed by atoms with Gasteiger partial charge in [0.25, 0.3) is 0 Å². The third kappa shape index (κ3) is 5.57. The van der Waals surface area contributed by atoms with E-state index < -0.39 is 0 Å². The fourth-order valence-electron chi connectivity index (χ4n) is 2.69. The van der Waals surface area contributed by atoms with Gasteiger partial charge in [0.05, 0.1) is 22.4 Å². The Balaban J connectivity index is 2.34. The first kappa shape index (κ1) is 17.7. The highest BCUT2D eigenvalue weighted by atomic mass is 79.9. The van der Waals surface area contributed by atoms with Crippen molar-refractivity contribution in [2.45, 2.75) is 77.8 Å². The summed E-state index contributed by atoms with van der Waals surface area (Å²) in [5.41, 5.74) is 1.29. The average Bonchev–Trinajstić information content (AvgIpc) is 2.83. The van der Waals surface area contributed by atoms with Crippen LogP contribution in [0, 0.1) is 0 Å². The van der Waals surface area contributed by atoms with Crippen LogP contribution in [0.2, 0.25) is 0 Å². The van der Waals surface area contributed by atoms with Gasteiger partial charge in [-0.25, -0.2) is 0 Å². The summed E-state index contributed by atoms with van der Waals surface area (Å²) in [5, 5.41) is 7.85. The number of halogens is 1. The topological polar surface area (TPSA) is 29.9 Å². The van der Waals surface area contributed by atoms with Gasteiger partial charge in [0.2, 0.25) is 0 Å². The van der Waals surface area contributed by atoms with E-state index >= 15 is 0 Å². The molecule has 4 heteroatoms. The average molecular weight is 344 g/mol. The zero-order valence-corrected chi connectivity index (χ0v) is 14.9. The highest BCUT2D eigenvalue weighted by molar-refractivity contribution is 9.10. The van der Waals surface area contributed by atoms with Gasteiger partial charge in [-0.2, -0.15) is 5.10 Å². The smallest absolute Gasteiger partial charge is 0.0695 e. The molecule has 1 heterocycles. The minimum absolute atomic E-state index is 0.405. The van der Waals surface area contributed by atoms with E-state index in [4.69, 9.17) is 0 Å². The molecule has 1 aromatic heterocycles. The normalized spacial score (nSPS) is 12.8. The first-order chi connectivity index (χ1) is 9.74. The largest absolute Gasteiger partial charge is 0.312 e. The molecule has 1 atom stereocenters. The van der Waals surface area contributed by atoms with Gasteiger partial charge in [0.15, 0.2) is 0 Å². The van der Waals surface area contributed by atoms with Crippen LogP contribution in [0.15, 0.2) is 10.7 Å². The Morgan fingerprint density at radius 2 is 1.80 bits per heavy atom. The molecular weight excluding hydrogens is 314 g/mol. The molecule has 0 bridgehead atoms. The van der Waals surface area contributed by atoms with E-state index in [9.17, 15) is 0 Å². The zero-order chi connectivity index (χ0) is 14.8. The third-order valence-electron chi connectivity index (χ3n) is 3.91. The molecule has 0 aliphatic rings. The van der Waals surface area contributed by atoms with Gasteiger partial charge in [0, 0.05) is 6.54 Å². The van der Waals surface area contributed by atoms with Crippen molar-refractivity contribution in [3.8, 4) is 0 Å². The van der Waals surface area contributed by atoms with Crippen molar-refractivity contribution in [3.05, 3.63) is 16.4 Å². The Hall–Kier alpha value is -0.350. The molecule has 116 valence electrons. The Morgan fingerprint density at radius 3 is 2.40 bits per heavy atom. The number of nitrogens with one attached hydrogen (secondary N) is 1. The van der Waals surface area contributed by atoms with E-state index in [1.54, 1.807) is 0 Å². The van der Waals surface area contributed by atoms with Gasteiger partial charge in [-0.3, -0.25) is 4.68 Å². The van der Waals surface area contributed by atoms with Crippen LogP contribution >= 0.6 is 15.9 Å². The number of unbranched alkanes of at least 4 members (excludes halogenated alkanes) is 6. The number of aromatic nitrogens is 2. The molecule has 0 saturated heterocycles. The van der Waals surface area contributed by atoms with Crippen molar-refractivity contribution < 1.29 is 0 Å². The summed E-state index contributed by atoms with van der Waals surface area (Å²) in [4.78, 5) is 0. The Morgan fingerprint density at radius 1 is 1.15 bits per heavy atom. The number of aryl methyl sites for hydroxylation is 1. The molecule has 3 nitrogen and oxygen atoms in total. The number of hydrogen-bond acceptors (Lipinski definition) is 2. The van der Waals surface area contributed by atoms with E-state index in [0.29, 0.717) is 6.04 Å². The minimum atomic E-state index is 0.405. The monoisotopic (exact) mass is 343 g/mol. The number of rotatable bonds is 11. The van der Waals surface area contributed by atoms with E-state index in [0.717, 1.165) is 11.0 Å². The van der Waals surface area contributed by atoms with Gasteiger partial charge in [-0.1, -0.05) is 51.9 Å². The summed E-state index contributed by atoms with van der Waals surface area (Å²) < 4.78 is 3.22. The van der Waals surface area contributed by atoms with Gasteiger partial charge in [0.1, 0.15) is 0 Å². The zero-order valence-electron chi connectivity index (χ0n) is 13.3. The van der Waals surface area contributed by atoms with Crippen LogP contribution in [0.25, 0.3) is 0 Å². The number of hydrogen-bond donors (Lipinski definition) is 1. The Bertz CT molecular complexity index is 363. The van der Waals surface area contributed by atoms with Crippen molar-refractivity contribution in [3.63, 3.8) is 0 Å². The summed E-state index contributed by atoms with van der Waals surface area (Å²) in [6.45, 7) is 5.34. The first-order valence-corrected chi connectivity index (χ1v) is 8.92. The van der Waals surface area contributed by atoms with Crippen LogP contribution in [0.3, 0.4) is 0 Å². The van der Waals surface area contributed by atoms with E-state index in [2.05, 4.69) is 44.9 Å². The molecule has 0 fully saturated rings. The van der Waals surface area contributed by atoms with Crippen molar-refractivity contribution >= 4 is 15.9 Å². The molecule has 1 N–H and O–H groups in total. The summed E-state index contributed by atoms with van der Waals surface area (Å²) in [6.07, 6.45) is 12.6. The molecular formula is C16H30BrN3. The third-order valence-corrected chi connectivity index (χ3v) is 4.52. The predicted octanol–water partition coefficient (Wildman–Crippen LogP) is 5.07. The first-order valence-electron chi connectivity index (χ1n) is 8.13. The fourth-order valence-corrected chi connectivity index (χ4v) is 3.27. The predicted molar refractivity (Wildman–Crippen MR) is 90.0 cm³/mol. The van der Waals surface area contributed by atoms with Crippen molar-refractivity contribution in [2.24, 2.45) is 0 Å². The maximum Gasteiger partial charge on any atom is 0.0695 e. The molecule has 0 amide bonds. The molecule has 20 heavy (non-hydrogen) atoms. The van der Waals surface area contributed by atoms with E-state index in [-0.39, 0.29) is 0 Å². The summed E-state index contributed by atoms with van der Waals surface area (Å²) in [6, 6.07) is 0.405. The maximum absolute atomic E-state index is 4.41. The molecule has 1 aromatic rings. The lowest BCUT2D eigenvalue weighted by atomic mass is 10.0. The van der Waals surface area contributed by atoms with Gasteiger partial charge in [-0.15, -0.1) is 0 Å². The minimum Gasteiger partial charge on any atom is -0.312 e. The lowest BCUT2D eigenvalue weighted by molar-refractivity contribution is 0.458. The molecule has 1 unspecified atom stereocenters. The van der Waals surface area contributed by atoms with Crippen LogP contribution < -0.4 is 5.32 Å². The van der Waals surface area contributed by atoms with Crippen molar-refractivity contribution in [1.82, 2.24) is 15.1 Å². The highest BCUT2D eigenvalue weighted by Gasteiger charge is 2.17. The molecule has 0 aliphatic heterocycles. The van der Waals surface area contributed by atoms with Crippen LogP contribution in [0.1, 0.15) is 76.9 Å².